The van der Waals surface area contributed by atoms with Gasteiger partial charge < -0.3 is 0 Å². The van der Waals surface area contributed by atoms with Crippen molar-refractivity contribution in [1.29, 1.82) is 0 Å². The van der Waals surface area contributed by atoms with E-state index >= 15 is 0 Å². The summed E-state index contributed by atoms with van der Waals surface area (Å²) in [6, 6.07) is 6.39. The first kappa shape index (κ1) is 17.6. The SMILES string of the molecule is C/C(=C\SCC(C)C)n1c(C(=O)c2ccc(Cl)cc2)noc1=O. The predicted octanol–water partition coefficient (Wildman–Crippen LogP) is 3.93. The van der Waals surface area contributed by atoms with E-state index in [0.717, 1.165) is 5.75 Å². The molecule has 0 unspecified atom stereocenters. The molecule has 0 aliphatic carbocycles. The van der Waals surface area contributed by atoms with Gasteiger partial charge in [-0.25, -0.2) is 9.36 Å². The van der Waals surface area contributed by atoms with Crippen molar-refractivity contribution >= 4 is 34.8 Å². The molecule has 0 saturated heterocycles. The average molecular weight is 353 g/mol. The Hall–Kier alpha value is -1.79. The molecule has 1 heterocycles. The van der Waals surface area contributed by atoms with Gasteiger partial charge in [0.25, 0.3) is 0 Å². The normalized spacial score (nSPS) is 12.0. The molecule has 0 N–H and O–H groups in total. The van der Waals surface area contributed by atoms with Crippen LogP contribution < -0.4 is 5.76 Å². The number of carbonyl (C=O) groups excluding carboxylic acids is 1. The first-order chi connectivity index (χ1) is 10.9. The minimum absolute atomic E-state index is 0.0452. The fourth-order valence-electron chi connectivity index (χ4n) is 1.85. The summed E-state index contributed by atoms with van der Waals surface area (Å²) in [7, 11) is 0. The summed E-state index contributed by atoms with van der Waals surface area (Å²) in [6.45, 7) is 5.96. The lowest BCUT2D eigenvalue weighted by molar-refractivity contribution is 0.102. The maximum absolute atomic E-state index is 12.5. The van der Waals surface area contributed by atoms with E-state index in [-0.39, 0.29) is 5.82 Å². The van der Waals surface area contributed by atoms with Crippen molar-refractivity contribution in [3.8, 4) is 0 Å². The molecule has 0 aliphatic rings. The molecule has 0 fully saturated rings. The second-order valence-electron chi connectivity index (χ2n) is 5.43. The molecule has 0 radical (unpaired) electrons. The average Bonchev–Trinajstić information content (AvgIpc) is 2.88. The Labute approximate surface area is 143 Å². The van der Waals surface area contributed by atoms with E-state index < -0.39 is 11.5 Å². The van der Waals surface area contributed by atoms with Crippen LogP contribution in [0, 0.1) is 5.92 Å². The molecule has 0 amide bonds. The largest absolute Gasteiger partial charge is 0.446 e. The number of halogens is 1. The van der Waals surface area contributed by atoms with Crippen molar-refractivity contribution in [2.45, 2.75) is 20.8 Å². The number of benzene rings is 1. The molecule has 0 spiro atoms. The number of rotatable bonds is 6. The highest BCUT2D eigenvalue weighted by Crippen LogP contribution is 2.17. The number of ketones is 1. The molecule has 7 heteroatoms. The maximum atomic E-state index is 12.5. The third-order valence-electron chi connectivity index (χ3n) is 2.95. The number of carbonyl (C=O) groups is 1. The molecule has 0 bridgehead atoms. The van der Waals surface area contributed by atoms with Crippen LogP contribution in [0.15, 0.2) is 39.0 Å². The van der Waals surface area contributed by atoms with Gasteiger partial charge in [-0.1, -0.05) is 30.6 Å². The molecule has 1 aromatic heterocycles. The number of aromatic nitrogens is 2. The van der Waals surface area contributed by atoms with Crippen molar-refractivity contribution in [1.82, 2.24) is 9.72 Å². The molecule has 122 valence electrons. The summed E-state index contributed by atoms with van der Waals surface area (Å²) in [4.78, 5) is 24.4. The van der Waals surface area contributed by atoms with Gasteiger partial charge in [0.1, 0.15) is 0 Å². The fourth-order valence-corrected chi connectivity index (χ4v) is 2.80. The van der Waals surface area contributed by atoms with E-state index in [1.54, 1.807) is 43.0 Å². The number of hydrogen-bond acceptors (Lipinski definition) is 5. The Balaban J connectivity index is 2.32. The van der Waals surface area contributed by atoms with Gasteiger partial charge in [-0.15, -0.1) is 11.8 Å². The Morgan fingerprint density at radius 3 is 2.65 bits per heavy atom. The highest BCUT2D eigenvalue weighted by molar-refractivity contribution is 8.02. The Kier molecular flexibility index (Phi) is 5.85. The zero-order valence-electron chi connectivity index (χ0n) is 13.1. The number of nitrogens with zero attached hydrogens (tertiary/aromatic N) is 2. The van der Waals surface area contributed by atoms with Gasteiger partial charge in [-0.3, -0.25) is 9.32 Å². The van der Waals surface area contributed by atoms with Gasteiger partial charge in [-0.05, 0) is 48.3 Å². The van der Waals surface area contributed by atoms with Gasteiger partial charge in [0.05, 0.1) is 0 Å². The molecule has 0 aliphatic heterocycles. The zero-order valence-corrected chi connectivity index (χ0v) is 14.6. The molecule has 0 atom stereocenters. The lowest BCUT2D eigenvalue weighted by Crippen LogP contribution is -2.18. The van der Waals surface area contributed by atoms with Crippen molar-refractivity contribution in [2.24, 2.45) is 5.92 Å². The van der Waals surface area contributed by atoms with Gasteiger partial charge in [0.15, 0.2) is 0 Å². The third kappa shape index (κ3) is 4.36. The maximum Gasteiger partial charge on any atom is 0.446 e. The van der Waals surface area contributed by atoms with Gasteiger partial charge in [-0.2, -0.15) is 0 Å². The monoisotopic (exact) mass is 352 g/mol. The summed E-state index contributed by atoms with van der Waals surface area (Å²) >= 11 is 7.39. The van der Waals surface area contributed by atoms with Gasteiger partial charge in [0.2, 0.25) is 11.6 Å². The zero-order chi connectivity index (χ0) is 17.0. The molecular weight excluding hydrogens is 336 g/mol. The fraction of sp³-hybridized carbons (Fsp3) is 0.312. The Morgan fingerprint density at radius 1 is 1.39 bits per heavy atom. The van der Waals surface area contributed by atoms with Crippen molar-refractivity contribution in [2.75, 3.05) is 5.75 Å². The number of thioether (sulfide) groups is 1. The smallest absolute Gasteiger partial charge is 0.295 e. The van der Waals surface area contributed by atoms with E-state index in [2.05, 4.69) is 23.5 Å². The highest BCUT2D eigenvalue weighted by atomic mass is 35.5. The topological polar surface area (TPSA) is 65.1 Å². The van der Waals surface area contributed by atoms with Crippen LogP contribution in [0.1, 0.15) is 37.0 Å². The first-order valence-electron chi connectivity index (χ1n) is 7.08. The van der Waals surface area contributed by atoms with Crippen molar-refractivity contribution < 1.29 is 9.32 Å². The molecule has 5 nitrogen and oxygen atoms in total. The predicted molar refractivity (Wildman–Crippen MR) is 92.9 cm³/mol. The van der Waals surface area contributed by atoms with Gasteiger partial charge in [0, 0.05) is 16.3 Å². The summed E-state index contributed by atoms with van der Waals surface area (Å²) in [5, 5.41) is 5.98. The lowest BCUT2D eigenvalue weighted by Gasteiger charge is -2.05. The molecule has 2 rings (SSSR count). The summed E-state index contributed by atoms with van der Waals surface area (Å²) < 4.78 is 5.86. The van der Waals surface area contributed by atoms with Crippen LogP contribution in [0.4, 0.5) is 0 Å². The Bertz CT molecular complexity index is 775. The number of allylic oxidation sites excluding steroid dienone is 1. The van der Waals surface area contributed by atoms with E-state index in [0.29, 0.717) is 22.2 Å². The van der Waals surface area contributed by atoms with E-state index in [9.17, 15) is 9.59 Å². The molecule has 2 aromatic rings. The minimum atomic E-state index is -0.679. The first-order valence-corrected chi connectivity index (χ1v) is 8.50. The summed E-state index contributed by atoms with van der Waals surface area (Å²) in [5.74, 6) is 0.322. The standard InChI is InChI=1S/C16H17ClN2O3S/c1-10(2)8-23-9-11(3)19-15(18-22-16(19)21)14(20)12-4-6-13(17)7-5-12/h4-7,9-10H,8H2,1-3H3/b11-9+. The van der Waals surface area contributed by atoms with Crippen LogP contribution in [0.2, 0.25) is 5.02 Å². The van der Waals surface area contributed by atoms with Crippen LogP contribution in [0.5, 0.6) is 0 Å². The van der Waals surface area contributed by atoms with Crippen LogP contribution in [0.3, 0.4) is 0 Å². The van der Waals surface area contributed by atoms with Crippen LogP contribution in [0.25, 0.3) is 5.70 Å². The van der Waals surface area contributed by atoms with E-state index in [1.165, 1.54) is 4.57 Å². The number of hydrogen-bond donors (Lipinski definition) is 0. The van der Waals surface area contributed by atoms with Crippen LogP contribution in [-0.2, 0) is 0 Å². The minimum Gasteiger partial charge on any atom is -0.295 e. The van der Waals surface area contributed by atoms with Crippen molar-refractivity contribution in [3.63, 3.8) is 0 Å². The molecule has 1 aromatic carbocycles. The quantitative estimate of drug-likeness (QED) is 0.737. The van der Waals surface area contributed by atoms with E-state index in [1.807, 2.05) is 5.41 Å². The third-order valence-corrected chi connectivity index (χ3v) is 4.57. The highest BCUT2D eigenvalue weighted by Gasteiger charge is 2.21. The molecule has 0 saturated carbocycles. The molecular formula is C16H17ClN2O3S. The second-order valence-corrected chi connectivity index (χ2v) is 6.77. The van der Waals surface area contributed by atoms with E-state index in [4.69, 9.17) is 11.6 Å². The van der Waals surface area contributed by atoms with Crippen LogP contribution >= 0.6 is 23.4 Å². The second kappa shape index (κ2) is 7.66. The van der Waals surface area contributed by atoms with Gasteiger partial charge >= 0.3 is 5.76 Å². The van der Waals surface area contributed by atoms with Crippen molar-refractivity contribution in [3.05, 3.63) is 56.6 Å². The Morgan fingerprint density at radius 2 is 2.04 bits per heavy atom. The molecule has 23 heavy (non-hydrogen) atoms. The van der Waals surface area contributed by atoms with Crippen LogP contribution in [-0.4, -0.2) is 21.3 Å². The summed E-state index contributed by atoms with van der Waals surface area (Å²) in [5.41, 5.74) is 0.985. The lowest BCUT2D eigenvalue weighted by atomic mass is 10.1. The summed E-state index contributed by atoms with van der Waals surface area (Å²) in [6.07, 6.45) is 0.